The number of ether oxygens (including phenoxy) is 2. The highest BCUT2D eigenvalue weighted by molar-refractivity contribution is 5.92. The van der Waals surface area contributed by atoms with Crippen molar-refractivity contribution in [2.45, 2.75) is 33.2 Å². The fourth-order valence-electron chi connectivity index (χ4n) is 1.95. The van der Waals surface area contributed by atoms with E-state index in [1.807, 2.05) is 6.92 Å². The molecule has 0 radical (unpaired) electrons. The molecule has 0 aliphatic rings. The maximum atomic E-state index is 13.4. The Balaban J connectivity index is 2.62. The van der Waals surface area contributed by atoms with Crippen molar-refractivity contribution in [1.29, 1.82) is 0 Å². The first-order chi connectivity index (χ1) is 11.3. The Morgan fingerprint density at radius 1 is 1.29 bits per heavy atom. The van der Waals surface area contributed by atoms with Gasteiger partial charge in [0.1, 0.15) is 11.9 Å². The van der Waals surface area contributed by atoms with Crippen LogP contribution < -0.4 is 5.32 Å². The van der Waals surface area contributed by atoms with E-state index in [4.69, 9.17) is 4.74 Å². The van der Waals surface area contributed by atoms with Crippen molar-refractivity contribution >= 4 is 17.8 Å². The molecule has 132 valence electrons. The lowest BCUT2D eigenvalue weighted by Gasteiger charge is -2.21. The monoisotopic (exact) mass is 339 g/mol. The summed E-state index contributed by atoms with van der Waals surface area (Å²) in [5.74, 6) is -2.68. The van der Waals surface area contributed by atoms with E-state index in [0.29, 0.717) is 12.0 Å². The number of amides is 1. The Bertz CT molecular complexity index is 617. The molecule has 0 heterocycles. The minimum atomic E-state index is -0.817. The Labute approximate surface area is 140 Å². The molecule has 6 nitrogen and oxygen atoms in total. The van der Waals surface area contributed by atoms with Crippen molar-refractivity contribution in [2.24, 2.45) is 5.92 Å². The van der Waals surface area contributed by atoms with Gasteiger partial charge < -0.3 is 14.8 Å². The topological polar surface area (TPSA) is 81.7 Å². The molecule has 1 aromatic carbocycles. The maximum absolute atomic E-state index is 13.4. The van der Waals surface area contributed by atoms with Crippen molar-refractivity contribution in [3.05, 3.63) is 35.1 Å². The van der Waals surface area contributed by atoms with Crippen LogP contribution in [-0.4, -0.2) is 37.6 Å². The molecule has 1 N–H and O–H groups in total. The fraction of sp³-hybridized carbons (Fsp3) is 0.471. The van der Waals surface area contributed by atoms with E-state index >= 15 is 0 Å². The molecule has 0 unspecified atom stereocenters. The van der Waals surface area contributed by atoms with Crippen molar-refractivity contribution in [3.8, 4) is 0 Å². The average molecular weight is 339 g/mol. The Kier molecular flexibility index (Phi) is 7.35. The van der Waals surface area contributed by atoms with Crippen molar-refractivity contribution in [3.63, 3.8) is 0 Å². The Hall–Kier alpha value is -2.44. The van der Waals surface area contributed by atoms with E-state index in [9.17, 15) is 18.8 Å². The van der Waals surface area contributed by atoms with Gasteiger partial charge in [0.25, 0.3) is 5.91 Å². The summed E-state index contributed by atoms with van der Waals surface area (Å²) in [5.41, 5.74) is 0.413. The molecule has 1 amide bonds. The molecule has 0 aromatic heterocycles. The average Bonchev–Trinajstić information content (AvgIpc) is 2.58. The smallest absolute Gasteiger partial charge is 0.338 e. The molecule has 0 aliphatic carbocycles. The van der Waals surface area contributed by atoms with Gasteiger partial charge in [-0.05, 0) is 30.5 Å². The minimum absolute atomic E-state index is 0.0114. The third kappa shape index (κ3) is 5.33. The fourth-order valence-corrected chi connectivity index (χ4v) is 1.95. The van der Waals surface area contributed by atoms with Gasteiger partial charge in [-0.15, -0.1) is 0 Å². The van der Waals surface area contributed by atoms with E-state index in [-0.39, 0.29) is 11.5 Å². The lowest BCUT2D eigenvalue weighted by atomic mass is 9.99. The van der Waals surface area contributed by atoms with E-state index in [0.717, 1.165) is 6.07 Å². The van der Waals surface area contributed by atoms with Gasteiger partial charge in [-0.3, -0.25) is 4.79 Å². The second-order valence-corrected chi connectivity index (χ2v) is 5.49. The van der Waals surface area contributed by atoms with Crippen LogP contribution in [0.1, 0.15) is 36.2 Å². The normalized spacial score (nSPS) is 12.9. The maximum Gasteiger partial charge on any atom is 0.338 e. The SMILES string of the molecule is CC[C@@H](C)[C@@H](NC(=O)COC(=O)c1ccc(C)c(F)c1)C(=O)OC. The lowest BCUT2D eigenvalue weighted by Crippen LogP contribution is -2.47. The van der Waals surface area contributed by atoms with Crippen LogP contribution in [-0.2, 0) is 19.1 Å². The largest absolute Gasteiger partial charge is 0.467 e. The summed E-state index contributed by atoms with van der Waals surface area (Å²) in [6, 6.07) is 3.09. The highest BCUT2D eigenvalue weighted by atomic mass is 19.1. The first kappa shape index (κ1) is 19.6. The zero-order valence-corrected chi connectivity index (χ0v) is 14.2. The molecule has 0 saturated carbocycles. The number of nitrogens with one attached hydrogen (secondary N) is 1. The van der Waals surface area contributed by atoms with Gasteiger partial charge in [-0.2, -0.15) is 0 Å². The van der Waals surface area contributed by atoms with Crippen LogP contribution in [0.2, 0.25) is 0 Å². The predicted molar refractivity (Wildman–Crippen MR) is 84.8 cm³/mol. The number of carbonyl (C=O) groups is 3. The van der Waals surface area contributed by atoms with Crippen molar-refractivity contribution in [1.82, 2.24) is 5.32 Å². The Morgan fingerprint density at radius 3 is 2.50 bits per heavy atom. The first-order valence-electron chi connectivity index (χ1n) is 7.60. The molecule has 0 spiro atoms. The molecular weight excluding hydrogens is 317 g/mol. The van der Waals surface area contributed by atoms with Gasteiger partial charge in [-0.25, -0.2) is 14.0 Å². The molecular formula is C17H22FNO5. The number of esters is 2. The third-order valence-corrected chi connectivity index (χ3v) is 3.73. The van der Waals surface area contributed by atoms with Gasteiger partial charge in [0.2, 0.25) is 0 Å². The Morgan fingerprint density at radius 2 is 1.96 bits per heavy atom. The van der Waals surface area contributed by atoms with Gasteiger partial charge in [0, 0.05) is 0 Å². The molecule has 7 heteroatoms. The van der Waals surface area contributed by atoms with Crippen molar-refractivity contribution in [2.75, 3.05) is 13.7 Å². The zero-order chi connectivity index (χ0) is 18.3. The molecule has 24 heavy (non-hydrogen) atoms. The predicted octanol–water partition coefficient (Wildman–Crippen LogP) is 1.99. The number of hydrogen-bond acceptors (Lipinski definition) is 5. The van der Waals surface area contributed by atoms with Crippen LogP contribution in [0.5, 0.6) is 0 Å². The number of benzene rings is 1. The summed E-state index contributed by atoms with van der Waals surface area (Å²) in [6.07, 6.45) is 0.655. The highest BCUT2D eigenvalue weighted by Crippen LogP contribution is 2.11. The van der Waals surface area contributed by atoms with Gasteiger partial charge >= 0.3 is 11.9 Å². The molecule has 1 rings (SSSR count). The van der Waals surface area contributed by atoms with Crippen LogP contribution in [0.15, 0.2) is 18.2 Å². The van der Waals surface area contributed by atoms with Crippen LogP contribution in [0.25, 0.3) is 0 Å². The molecule has 1 aromatic rings. The van der Waals surface area contributed by atoms with Crippen molar-refractivity contribution < 1.29 is 28.2 Å². The van der Waals surface area contributed by atoms with E-state index < -0.39 is 36.3 Å². The van der Waals surface area contributed by atoms with Crippen LogP contribution in [0.3, 0.4) is 0 Å². The highest BCUT2D eigenvalue weighted by Gasteiger charge is 2.27. The number of rotatable bonds is 7. The summed E-state index contributed by atoms with van der Waals surface area (Å²) in [5, 5.41) is 2.48. The number of halogens is 1. The van der Waals surface area contributed by atoms with Crippen LogP contribution in [0, 0.1) is 18.7 Å². The number of carbonyl (C=O) groups excluding carboxylic acids is 3. The molecule has 0 bridgehead atoms. The molecule has 2 atom stereocenters. The summed E-state index contributed by atoms with van der Waals surface area (Å²) < 4.78 is 22.9. The molecule has 0 aliphatic heterocycles. The standard InChI is InChI=1S/C17H22FNO5/c1-5-10(2)15(17(22)23-4)19-14(20)9-24-16(21)12-7-6-11(3)13(18)8-12/h6-8,10,15H,5,9H2,1-4H3,(H,19,20)/t10-,15-/m1/s1. The minimum Gasteiger partial charge on any atom is -0.467 e. The summed E-state index contributed by atoms with van der Waals surface area (Å²) in [6.45, 7) is 4.67. The number of methoxy groups -OCH3 is 1. The van der Waals surface area contributed by atoms with E-state index in [1.54, 1.807) is 13.8 Å². The lowest BCUT2D eigenvalue weighted by molar-refractivity contribution is -0.147. The summed E-state index contributed by atoms with van der Waals surface area (Å²) in [7, 11) is 1.23. The second kappa shape index (κ2) is 9.00. The number of aryl methyl sites for hydroxylation is 1. The first-order valence-corrected chi connectivity index (χ1v) is 7.60. The van der Waals surface area contributed by atoms with Gasteiger partial charge in [-0.1, -0.05) is 26.3 Å². The zero-order valence-electron chi connectivity index (χ0n) is 14.2. The van der Waals surface area contributed by atoms with E-state index in [2.05, 4.69) is 10.1 Å². The quantitative estimate of drug-likeness (QED) is 0.768. The summed E-state index contributed by atoms with van der Waals surface area (Å²) in [4.78, 5) is 35.4. The van der Waals surface area contributed by atoms with Gasteiger partial charge in [0.15, 0.2) is 6.61 Å². The molecule has 0 fully saturated rings. The second-order valence-electron chi connectivity index (χ2n) is 5.49. The van der Waals surface area contributed by atoms with E-state index in [1.165, 1.54) is 19.2 Å². The van der Waals surface area contributed by atoms with Crippen LogP contribution in [0.4, 0.5) is 4.39 Å². The third-order valence-electron chi connectivity index (χ3n) is 3.73. The van der Waals surface area contributed by atoms with Gasteiger partial charge in [0.05, 0.1) is 12.7 Å². The summed E-state index contributed by atoms with van der Waals surface area (Å²) >= 11 is 0. The number of hydrogen-bond donors (Lipinski definition) is 1. The van der Waals surface area contributed by atoms with Crippen LogP contribution >= 0.6 is 0 Å². The molecule has 0 saturated heterocycles.